The Labute approximate surface area is 119 Å². The Balaban J connectivity index is 2.33. The fraction of sp³-hybridized carbons (Fsp3) is 0.571. The topological polar surface area (TPSA) is 63.4 Å². The Kier molecular flexibility index (Phi) is 4.46. The molecule has 1 aliphatic rings. The van der Waals surface area contributed by atoms with E-state index in [1.165, 1.54) is 16.4 Å². The van der Waals surface area contributed by atoms with Crippen LogP contribution in [0.15, 0.2) is 23.1 Å². The lowest BCUT2D eigenvalue weighted by Crippen LogP contribution is -2.49. The highest BCUT2D eigenvalue weighted by atomic mass is 32.2. The molecule has 1 heterocycles. The van der Waals surface area contributed by atoms with E-state index < -0.39 is 15.8 Å². The molecule has 20 heavy (non-hydrogen) atoms. The van der Waals surface area contributed by atoms with E-state index in [1.54, 1.807) is 13.0 Å². The molecule has 2 rings (SSSR count). The maximum atomic E-state index is 13.8. The van der Waals surface area contributed by atoms with Crippen LogP contribution in [-0.2, 0) is 10.0 Å². The number of halogens is 1. The minimum atomic E-state index is -3.78. The summed E-state index contributed by atoms with van der Waals surface area (Å²) in [5, 5.41) is 0. The molecule has 0 aromatic heterocycles. The summed E-state index contributed by atoms with van der Waals surface area (Å²) < 4.78 is 40.4. The summed E-state index contributed by atoms with van der Waals surface area (Å²) in [5.74, 6) is -0.565. The van der Waals surface area contributed by atoms with E-state index in [9.17, 15) is 12.8 Å². The third-order valence-corrected chi connectivity index (χ3v) is 5.86. The van der Waals surface area contributed by atoms with Crippen molar-refractivity contribution in [1.82, 2.24) is 4.31 Å². The third kappa shape index (κ3) is 2.87. The van der Waals surface area contributed by atoms with Gasteiger partial charge in [0.1, 0.15) is 10.7 Å². The van der Waals surface area contributed by atoms with E-state index in [0.29, 0.717) is 19.5 Å². The molecule has 112 valence electrons. The first-order valence-electron chi connectivity index (χ1n) is 6.88. The molecule has 1 aromatic carbocycles. The molecular weight excluding hydrogens is 279 g/mol. The number of sulfonamides is 1. The van der Waals surface area contributed by atoms with Gasteiger partial charge in [-0.2, -0.15) is 4.31 Å². The lowest BCUT2D eigenvalue weighted by atomic mass is 9.92. The zero-order valence-corrected chi connectivity index (χ0v) is 12.7. The maximum absolute atomic E-state index is 13.8. The van der Waals surface area contributed by atoms with E-state index >= 15 is 0 Å². The number of benzene rings is 1. The first-order chi connectivity index (χ1) is 9.36. The molecule has 2 unspecified atom stereocenters. The van der Waals surface area contributed by atoms with Crippen molar-refractivity contribution in [1.29, 1.82) is 0 Å². The van der Waals surface area contributed by atoms with Crippen LogP contribution in [0.2, 0.25) is 0 Å². The average Bonchev–Trinajstić information content (AvgIpc) is 2.41. The van der Waals surface area contributed by atoms with Gasteiger partial charge in [0.15, 0.2) is 0 Å². The Hall–Kier alpha value is -0.980. The van der Waals surface area contributed by atoms with Crippen LogP contribution < -0.4 is 5.73 Å². The molecule has 0 radical (unpaired) electrons. The standard InChI is InChI=1S/C14H21FN2O2S/c1-3-11-9-17(7-6-13(11)16)20(18,19)14-8-10(2)4-5-12(14)15/h4-5,8,11,13H,3,6-7,9,16H2,1-2H3. The largest absolute Gasteiger partial charge is 0.327 e. The van der Waals surface area contributed by atoms with E-state index in [4.69, 9.17) is 5.73 Å². The third-order valence-electron chi connectivity index (χ3n) is 3.98. The van der Waals surface area contributed by atoms with Crippen molar-refractivity contribution in [3.8, 4) is 0 Å². The molecule has 2 N–H and O–H groups in total. The lowest BCUT2D eigenvalue weighted by Gasteiger charge is -2.35. The fourth-order valence-corrected chi connectivity index (χ4v) is 4.28. The van der Waals surface area contributed by atoms with Crippen molar-refractivity contribution < 1.29 is 12.8 Å². The number of nitrogens with zero attached hydrogens (tertiary/aromatic N) is 1. The second-order valence-electron chi connectivity index (χ2n) is 5.42. The number of rotatable bonds is 3. The minimum absolute atomic E-state index is 0.0220. The summed E-state index contributed by atoms with van der Waals surface area (Å²) in [6, 6.07) is 4.18. The zero-order valence-electron chi connectivity index (χ0n) is 11.8. The Morgan fingerprint density at radius 2 is 2.15 bits per heavy atom. The van der Waals surface area contributed by atoms with Crippen molar-refractivity contribution in [2.75, 3.05) is 13.1 Å². The van der Waals surface area contributed by atoms with Gasteiger partial charge < -0.3 is 5.73 Å². The van der Waals surface area contributed by atoms with Crippen LogP contribution in [0, 0.1) is 18.7 Å². The molecule has 1 fully saturated rings. The van der Waals surface area contributed by atoms with Gasteiger partial charge in [0, 0.05) is 19.1 Å². The van der Waals surface area contributed by atoms with Gasteiger partial charge in [-0.3, -0.25) is 0 Å². The first kappa shape index (κ1) is 15.4. The molecule has 2 atom stereocenters. The van der Waals surface area contributed by atoms with Crippen molar-refractivity contribution in [3.05, 3.63) is 29.6 Å². The van der Waals surface area contributed by atoms with Gasteiger partial charge >= 0.3 is 0 Å². The second kappa shape index (κ2) is 5.79. The SMILES string of the molecule is CCC1CN(S(=O)(=O)c2cc(C)ccc2F)CCC1N. The molecule has 0 saturated carbocycles. The van der Waals surface area contributed by atoms with Crippen LogP contribution in [0.4, 0.5) is 4.39 Å². The van der Waals surface area contributed by atoms with Crippen LogP contribution in [0.5, 0.6) is 0 Å². The number of hydrogen-bond acceptors (Lipinski definition) is 3. The molecule has 1 aromatic rings. The molecule has 0 amide bonds. The van der Waals surface area contributed by atoms with Crippen LogP contribution in [0.3, 0.4) is 0 Å². The molecule has 4 nitrogen and oxygen atoms in total. The fourth-order valence-electron chi connectivity index (χ4n) is 2.61. The highest BCUT2D eigenvalue weighted by molar-refractivity contribution is 7.89. The van der Waals surface area contributed by atoms with Crippen LogP contribution in [-0.4, -0.2) is 31.9 Å². The zero-order chi connectivity index (χ0) is 14.9. The number of piperidine rings is 1. The Morgan fingerprint density at radius 3 is 2.80 bits per heavy atom. The Morgan fingerprint density at radius 1 is 1.45 bits per heavy atom. The summed E-state index contributed by atoms with van der Waals surface area (Å²) in [5.41, 5.74) is 6.72. The minimum Gasteiger partial charge on any atom is -0.327 e. The van der Waals surface area contributed by atoms with Gasteiger partial charge in [0.2, 0.25) is 10.0 Å². The highest BCUT2D eigenvalue weighted by Crippen LogP contribution is 2.26. The predicted molar refractivity (Wildman–Crippen MR) is 76.3 cm³/mol. The quantitative estimate of drug-likeness (QED) is 0.927. The summed E-state index contributed by atoms with van der Waals surface area (Å²) in [6.45, 7) is 4.47. The summed E-state index contributed by atoms with van der Waals surface area (Å²) in [6.07, 6.45) is 1.44. The van der Waals surface area contributed by atoms with Gasteiger partial charge in [-0.05, 0) is 37.0 Å². The molecular formula is C14H21FN2O2S. The van der Waals surface area contributed by atoms with Crippen molar-refractivity contribution >= 4 is 10.0 Å². The van der Waals surface area contributed by atoms with E-state index in [0.717, 1.165) is 12.0 Å². The predicted octanol–water partition coefficient (Wildman–Crippen LogP) is 1.88. The van der Waals surface area contributed by atoms with Crippen molar-refractivity contribution in [2.24, 2.45) is 11.7 Å². The molecule has 1 saturated heterocycles. The van der Waals surface area contributed by atoms with Crippen molar-refractivity contribution in [3.63, 3.8) is 0 Å². The second-order valence-corrected chi connectivity index (χ2v) is 7.32. The molecule has 6 heteroatoms. The molecule has 0 spiro atoms. The van der Waals surface area contributed by atoms with Gasteiger partial charge in [0.25, 0.3) is 0 Å². The van der Waals surface area contributed by atoms with Gasteiger partial charge in [-0.25, -0.2) is 12.8 Å². The smallest absolute Gasteiger partial charge is 0.246 e. The van der Waals surface area contributed by atoms with Crippen LogP contribution in [0.1, 0.15) is 25.3 Å². The van der Waals surface area contributed by atoms with Gasteiger partial charge in [-0.15, -0.1) is 0 Å². The molecule has 0 aliphatic carbocycles. The molecule has 1 aliphatic heterocycles. The van der Waals surface area contributed by atoms with Crippen molar-refractivity contribution in [2.45, 2.75) is 37.6 Å². The van der Waals surface area contributed by atoms with Gasteiger partial charge in [0.05, 0.1) is 0 Å². The molecule has 0 bridgehead atoms. The summed E-state index contributed by atoms with van der Waals surface area (Å²) in [4.78, 5) is -0.233. The normalized spacial score (nSPS) is 24.8. The Bertz CT molecular complexity index is 589. The number of nitrogens with two attached hydrogens (primary N) is 1. The average molecular weight is 300 g/mol. The van der Waals surface area contributed by atoms with Crippen LogP contribution >= 0.6 is 0 Å². The summed E-state index contributed by atoms with van der Waals surface area (Å²) in [7, 11) is -3.78. The maximum Gasteiger partial charge on any atom is 0.246 e. The first-order valence-corrected chi connectivity index (χ1v) is 8.32. The highest BCUT2D eigenvalue weighted by Gasteiger charge is 2.34. The number of hydrogen-bond donors (Lipinski definition) is 1. The van der Waals surface area contributed by atoms with E-state index in [1.807, 2.05) is 6.92 Å². The monoisotopic (exact) mass is 300 g/mol. The summed E-state index contributed by atoms with van der Waals surface area (Å²) >= 11 is 0. The lowest BCUT2D eigenvalue weighted by molar-refractivity contribution is 0.230. The van der Waals surface area contributed by atoms with Gasteiger partial charge in [-0.1, -0.05) is 19.4 Å². The van der Waals surface area contributed by atoms with E-state index in [2.05, 4.69) is 0 Å². The number of aryl methyl sites for hydroxylation is 1. The van der Waals surface area contributed by atoms with Crippen LogP contribution in [0.25, 0.3) is 0 Å². The van der Waals surface area contributed by atoms with E-state index in [-0.39, 0.29) is 16.9 Å².